The second-order valence-corrected chi connectivity index (χ2v) is 5.46. The molecule has 0 aromatic heterocycles. The van der Waals surface area contributed by atoms with Gasteiger partial charge in [0.15, 0.2) is 0 Å². The van der Waals surface area contributed by atoms with Gasteiger partial charge >= 0.3 is 0 Å². The third-order valence-corrected chi connectivity index (χ3v) is 3.94. The average molecular weight is 246 g/mol. The first-order chi connectivity index (χ1) is 8.07. The van der Waals surface area contributed by atoms with Crippen molar-refractivity contribution in [1.82, 2.24) is 0 Å². The number of hydrogen-bond acceptors (Lipinski definition) is 2. The van der Waals surface area contributed by atoms with Gasteiger partial charge in [-0.15, -0.1) is 0 Å². The van der Waals surface area contributed by atoms with E-state index in [1.807, 2.05) is 24.3 Å². The summed E-state index contributed by atoms with van der Waals surface area (Å²) in [7, 11) is -4.18. The Morgan fingerprint density at radius 1 is 1.12 bits per heavy atom. The van der Waals surface area contributed by atoms with E-state index < -0.39 is 10.1 Å². The van der Waals surface area contributed by atoms with Crippen LogP contribution in [0, 0.1) is 0 Å². The molecule has 0 saturated carbocycles. The van der Waals surface area contributed by atoms with Crippen LogP contribution in [0.15, 0.2) is 41.3 Å². The van der Waals surface area contributed by atoms with Crippen LogP contribution in [-0.4, -0.2) is 13.0 Å². The summed E-state index contributed by atoms with van der Waals surface area (Å²) in [4.78, 5) is -0.0154. The maximum absolute atomic E-state index is 11.4. The van der Waals surface area contributed by atoms with E-state index in [4.69, 9.17) is 0 Å². The zero-order valence-electron chi connectivity index (χ0n) is 8.92. The Bertz CT molecular complexity index is 743. The minimum absolute atomic E-state index is 0.0154. The van der Waals surface area contributed by atoms with Gasteiger partial charge in [-0.3, -0.25) is 4.55 Å². The van der Waals surface area contributed by atoms with Crippen LogP contribution in [0.4, 0.5) is 0 Å². The van der Waals surface area contributed by atoms with Gasteiger partial charge in [-0.05, 0) is 29.0 Å². The number of hydrogen-bond donors (Lipinski definition) is 1. The average Bonchev–Trinajstić information content (AvgIpc) is 2.74. The fourth-order valence-corrected chi connectivity index (χ4v) is 3.05. The van der Waals surface area contributed by atoms with Crippen LogP contribution in [0.3, 0.4) is 0 Å². The Morgan fingerprint density at radius 3 is 2.53 bits per heavy atom. The Morgan fingerprint density at radius 2 is 1.82 bits per heavy atom. The van der Waals surface area contributed by atoms with Crippen molar-refractivity contribution < 1.29 is 13.0 Å². The molecule has 2 aromatic carbocycles. The van der Waals surface area contributed by atoms with Gasteiger partial charge in [0.05, 0.1) is 0 Å². The van der Waals surface area contributed by atoms with Crippen molar-refractivity contribution in [3.63, 3.8) is 0 Å². The number of benzene rings is 2. The fourth-order valence-electron chi connectivity index (χ4n) is 2.32. The van der Waals surface area contributed by atoms with Gasteiger partial charge in [-0.2, -0.15) is 8.42 Å². The largest absolute Gasteiger partial charge is 0.295 e. The molecule has 0 saturated heterocycles. The van der Waals surface area contributed by atoms with Gasteiger partial charge in [-0.1, -0.05) is 36.4 Å². The molecule has 1 N–H and O–H groups in total. The minimum atomic E-state index is -4.18. The molecule has 0 aliphatic heterocycles. The molecular formula is C13H10O3S. The quantitative estimate of drug-likeness (QED) is 0.787. The predicted molar refractivity (Wildman–Crippen MR) is 66.5 cm³/mol. The van der Waals surface area contributed by atoms with Gasteiger partial charge in [0, 0.05) is 5.39 Å². The van der Waals surface area contributed by atoms with E-state index in [0.29, 0.717) is 5.39 Å². The maximum atomic E-state index is 11.4. The monoisotopic (exact) mass is 246 g/mol. The molecule has 0 bridgehead atoms. The SMILES string of the molecule is O=S(=O)(O)c1cc2c(c3ccccc13)CC=C2. The van der Waals surface area contributed by atoms with Gasteiger partial charge in [-0.25, -0.2) is 0 Å². The van der Waals surface area contributed by atoms with Gasteiger partial charge in [0.25, 0.3) is 10.1 Å². The number of rotatable bonds is 1. The molecule has 1 aliphatic rings. The topological polar surface area (TPSA) is 54.4 Å². The summed E-state index contributed by atoms with van der Waals surface area (Å²) in [6.45, 7) is 0. The van der Waals surface area contributed by atoms with Crippen LogP contribution < -0.4 is 0 Å². The molecule has 0 atom stereocenters. The van der Waals surface area contributed by atoms with Crippen molar-refractivity contribution in [2.75, 3.05) is 0 Å². The van der Waals surface area contributed by atoms with Crippen molar-refractivity contribution in [3.05, 3.63) is 47.5 Å². The Kier molecular flexibility index (Phi) is 2.11. The second-order valence-electron chi connectivity index (χ2n) is 4.07. The molecule has 2 aromatic rings. The highest BCUT2D eigenvalue weighted by Gasteiger charge is 2.19. The zero-order valence-corrected chi connectivity index (χ0v) is 9.74. The normalized spacial score (nSPS) is 14.2. The summed E-state index contributed by atoms with van der Waals surface area (Å²) < 4.78 is 32.0. The van der Waals surface area contributed by atoms with Crippen LogP contribution in [0.2, 0.25) is 0 Å². The predicted octanol–water partition coefficient (Wildman–Crippen LogP) is 2.66. The summed E-state index contributed by atoms with van der Waals surface area (Å²) in [5.41, 5.74) is 1.99. The molecule has 0 unspecified atom stereocenters. The summed E-state index contributed by atoms with van der Waals surface area (Å²) >= 11 is 0. The highest BCUT2D eigenvalue weighted by atomic mass is 32.2. The van der Waals surface area contributed by atoms with E-state index in [2.05, 4.69) is 0 Å². The Labute approximate surface area is 99.1 Å². The molecule has 17 heavy (non-hydrogen) atoms. The molecule has 0 radical (unpaired) electrons. The molecule has 0 amide bonds. The first-order valence-corrected chi connectivity index (χ1v) is 6.70. The van der Waals surface area contributed by atoms with E-state index in [0.717, 1.165) is 22.9 Å². The van der Waals surface area contributed by atoms with Crippen LogP contribution in [0.1, 0.15) is 11.1 Å². The zero-order chi connectivity index (χ0) is 12.0. The van der Waals surface area contributed by atoms with Crippen molar-refractivity contribution in [1.29, 1.82) is 0 Å². The van der Waals surface area contributed by atoms with Crippen molar-refractivity contribution in [2.24, 2.45) is 0 Å². The highest BCUT2D eigenvalue weighted by Crippen LogP contribution is 2.33. The maximum Gasteiger partial charge on any atom is 0.295 e. The molecule has 86 valence electrons. The first-order valence-electron chi connectivity index (χ1n) is 5.26. The van der Waals surface area contributed by atoms with E-state index in [-0.39, 0.29) is 4.90 Å². The molecule has 0 fully saturated rings. The lowest BCUT2D eigenvalue weighted by molar-refractivity contribution is 0.484. The third-order valence-electron chi connectivity index (χ3n) is 3.05. The second kappa shape index (κ2) is 3.42. The summed E-state index contributed by atoms with van der Waals surface area (Å²) in [6.07, 6.45) is 4.68. The van der Waals surface area contributed by atoms with Crippen molar-refractivity contribution in [2.45, 2.75) is 11.3 Å². The van der Waals surface area contributed by atoms with E-state index in [1.54, 1.807) is 12.1 Å². The van der Waals surface area contributed by atoms with Gasteiger partial charge < -0.3 is 0 Å². The number of allylic oxidation sites excluding steroid dienone is 1. The van der Waals surface area contributed by atoms with Crippen molar-refractivity contribution in [3.8, 4) is 0 Å². The van der Waals surface area contributed by atoms with Gasteiger partial charge in [0.1, 0.15) is 4.90 Å². The van der Waals surface area contributed by atoms with Crippen LogP contribution in [0.5, 0.6) is 0 Å². The van der Waals surface area contributed by atoms with Crippen LogP contribution in [0.25, 0.3) is 16.8 Å². The summed E-state index contributed by atoms with van der Waals surface area (Å²) in [5.74, 6) is 0. The first kappa shape index (κ1) is 10.5. The molecule has 0 spiro atoms. The van der Waals surface area contributed by atoms with Crippen molar-refractivity contribution >= 4 is 27.0 Å². The van der Waals surface area contributed by atoms with Crippen LogP contribution in [-0.2, 0) is 16.5 Å². The van der Waals surface area contributed by atoms with E-state index in [1.165, 1.54) is 6.07 Å². The molecule has 3 nitrogen and oxygen atoms in total. The Hall–Kier alpha value is -1.65. The van der Waals surface area contributed by atoms with E-state index in [9.17, 15) is 13.0 Å². The lowest BCUT2D eigenvalue weighted by atomic mass is 10.0. The summed E-state index contributed by atoms with van der Waals surface area (Å²) in [5, 5.41) is 1.47. The minimum Gasteiger partial charge on any atom is -0.282 e. The Balaban J connectivity index is 2.52. The fraction of sp³-hybridized carbons (Fsp3) is 0.0769. The lowest BCUT2D eigenvalue weighted by Gasteiger charge is -2.09. The third kappa shape index (κ3) is 1.57. The lowest BCUT2D eigenvalue weighted by Crippen LogP contribution is -2.01. The molecular weight excluding hydrogens is 236 g/mol. The molecule has 3 rings (SSSR count). The standard InChI is InChI=1S/C13H10O3S/c14-17(15,16)13-8-9-4-3-7-10(9)11-5-1-2-6-12(11)13/h1-6,8H,7H2,(H,14,15,16). The smallest absolute Gasteiger partial charge is 0.282 e. The highest BCUT2D eigenvalue weighted by molar-refractivity contribution is 7.86. The van der Waals surface area contributed by atoms with E-state index >= 15 is 0 Å². The summed E-state index contributed by atoms with van der Waals surface area (Å²) in [6, 6.07) is 8.78. The molecule has 1 aliphatic carbocycles. The van der Waals surface area contributed by atoms with Gasteiger partial charge in [0.2, 0.25) is 0 Å². The molecule has 0 heterocycles. The van der Waals surface area contributed by atoms with Crippen LogP contribution >= 0.6 is 0 Å². The number of fused-ring (bicyclic) bond motifs is 3. The molecule has 4 heteroatoms.